The van der Waals surface area contributed by atoms with E-state index in [0.717, 1.165) is 11.1 Å². The minimum atomic E-state index is -0.838. The fourth-order valence-corrected chi connectivity index (χ4v) is 4.89. The van der Waals surface area contributed by atoms with Gasteiger partial charge in [0.25, 0.3) is 0 Å². The molecule has 0 bridgehead atoms. The Bertz CT molecular complexity index is 1400. The van der Waals surface area contributed by atoms with Crippen LogP contribution in [0, 0.1) is 12.7 Å². The van der Waals surface area contributed by atoms with E-state index >= 15 is 0 Å². The Morgan fingerprint density at radius 1 is 1.19 bits per heavy atom. The molecule has 0 radical (unpaired) electrons. The molecular formula is C28H30FN5O3. The summed E-state index contributed by atoms with van der Waals surface area (Å²) in [5.41, 5.74) is 8.55. The van der Waals surface area contributed by atoms with Gasteiger partial charge in [-0.3, -0.25) is 4.79 Å². The summed E-state index contributed by atoms with van der Waals surface area (Å²) in [6.07, 6.45) is 4.86. The lowest BCUT2D eigenvalue weighted by Gasteiger charge is -2.39. The van der Waals surface area contributed by atoms with Crippen molar-refractivity contribution in [2.75, 3.05) is 13.1 Å². The molecule has 192 valence electrons. The molecule has 5 rings (SSSR count). The Hall–Kier alpha value is -3.82. The first-order chi connectivity index (χ1) is 17.8. The number of piperidine rings is 1. The molecule has 1 amide bonds. The predicted octanol–water partition coefficient (Wildman–Crippen LogP) is 3.66. The fraction of sp³-hybridized carbons (Fsp3) is 0.321. The first-order valence-electron chi connectivity index (χ1n) is 12.4. The number of likely N-dealkylation sites (tertiary alicyclic amines) is 1. The standard InChI is InChI=1S/C28H30FN5O3/c1-18-16-31-25-24(18)26(33-17-32-25)37-23-8-7-20(13-21(23)29)14-22(30)27(35)34-11-9-28(36,10-12-34)15-19-5-3-2-4-6-19/h2-8,13,16-17,22,36H,9-12,14-15,30H2,1H3,(H,31,32,33). The van der Waals surface area contributed by atoms with Crippen LogP contribution in [-0.2, 0) is 17.6 Å². The zero-order valence-corrected chi connectivity index (χ0v) is 20.7. The highest BCUT2D eigenvalue weighted by atomic mass is 19.1. The molecule has 1 saturated heterocycles. The molecule has 1 aliphatic rings. The van der Waals surface area contributed by atoms with Crippen molar-refractivity contribution in [1.82, 2.24) is 19.9 Å². The summed E-state index contributed by atoms with van der Waals surface area (Å²) in [7, 11) is 0. The number of aromatic amines is 1. The summed E-state index contributed by atoms with van der Waals surface area (Å²) in [5.74, 6) is -0.479. The van der Waals surface area contributed by atoms with Gasteiger partial charge in [0, 0.05) is 25.7 Å². The van der Waals surface area contributed by atoms with Crippen LogP contribution in [0.15, 0.2) is 61.1 Å². The summed E-state index contributed by atoms with van der Waals surface area (Å²) in [4.78, 5) is 26.0. The van der Waals surface area contributed by atoms with Crippen LogP contribution in [-0.4, -0.2) is 55.6 Å². The number of nitrogens with two attached hydrogens (primary N) is 1. The topological polar surface area (TPSA) is 117 Å². The zero-order valence-electron chi connectivity index (χ0n) is 20.7. The van der Waals surface area contributed by atoms with Gasteiger partial charge >= 0.3 is 0 Å². The van der Waals surface area contributed by atoms with E-state index in [1.807, 2.05) is 37.3 Å². The van der Waals surface area contributed by atoms with Crippen LogP contribution in [0.4, 0.5) is 4.39 Å². The van der Waals surface area contributed by atoms with Gasteiger partial charge in [-0.15, -0.1) is 0 Å². The van der Waals surface area contributed by atoms with Crippen molar-refractivity contribution in [3.63, 3.8) is 0 Å². The molecule has 2 aromatic carbocycles. The number of rotatable bonds is 7. The van der Waals surface area contributed by atoms with Crippen molar-refractivity contribution >= 4 is 16.9 Å². The number of carbonyl (C=O) groups excluding carboxylic acids is 1. The second-order valence-corrected chi connectivity index (χ2v) is 9.76. The Balaban J connectivity index is 1.19. The van der Waals surface area contributed by atoms with Gasteiger partial charge in [-0.1, -0.05) is 36.4 Å². The molecule has 37 heavy (non-hydrogen) atoms. The molecule has 0 spiro atoms. The maximum atomic E-state index is 14.9. The van der Waals surface area contributed by atoms with Gasteiger partial charge in [-0.25, -0.2) is 14.4 Å². The lowest BCUT2D eigenvalue weighted by molar-refractivity contribution is -0.136. The quantitative estimate of drug-likeness (QED) is 0.354. The van der Waals surface area contributed by atoms with E-state index in [1.165, 1.54) is 18.5 Å². The number of hydrogen-bond donors (Lipinski definition) is 3. The molecule has 4 aromatic rings. The largest absolute Gasteiger partial charge is 0.435 e. The summed E-state index contributed by atoms with van der Waals surface area (Å²) < 4.78 is 20.6. The Kier molecular flexibility index (Phi) is 6.90. The van der Waals surface area contributed by atoms with E-state index in [9.17, 15) is 14.3 Å². The van der Waals surface area contributed by atoms with E-state index in [2.05, 4.69) is 15.0 Å². The molecule has 4 N–H and O–H groups in total. The van der Waals surface area contributed by atoms with Gasteiger partial charge in [0.1, 0.15) is 12.0 Å². The summed E-state index contributed by atoms with van der Waals surface area (Å²) in [5, 5.41) is 11.7. The van der Waals surface area contributed by atoms with Crippen molar-refractivity contribution in [3.8, 4) is 11.6 Å². The number of ether oxygens (including phenoxy) is 1. The Morgan fingerprint density at radius 3 is 2.68 bits per heavy atom. The summed E-state index contributed by atoms with van der Waals surface area (Å²) >= 11 is 0. The number of aromatic nitrogens is 3. The maximum absolute atomic E-state index is 14.9. The van der Waals surface area contributed by atoms with E-state index in [0.29, 0.717) is 48.9 Å². The molecule has 1 fully saturated rings. The number of amides is 1. The average molecular weight is 504 g/mol. The molecule has 1 aliphatic heterocycles. The van der Waals surface area contributed by atoms with E-state index < -0.39 is 17.5 Å². The predicted molar refractivity (Wildman–Crippen MR) is 138 cm³/mol. The monoisotopic (exact) mass is 503 g/mol. The second-order valence-electron chi connectivity index (χ2n) is 9.76. The van der Waals surface area contributed by atoms with Gasteiger partial charge in [0.2, 0.25) is 11.8 Å². The molecule has 2 aromatic heterocycles. The third-order valence-electron chi connectivity index (χ3n) is 6.99. The molecular weight excluding hydrogens is 473 g/mol. The Labute approximate surface area is 214 Å². The number of benzene rings is 2. The minimum Gasteiger partial charge on any atom is -0.435 e. The van der Waals surface area contributed by atoms with Gasteiger partial charge in [-0.05, 0) is 55.0 Å². The van der Waals surface area contributed by atoms with Gasteiger partial charge < -0.3 is 25.5 Å². The number of aliphatic hydroxyl groups is 1. The van der Waals surface area contributed by atoms with Crippen LogP contribution < -0.4 is 10.5 Å². The summed E-state index contributed by atoms with van der Waals surface area (Å²) in [6.45, 7) is 2.75. The molecule has 3 heterocycles. The molecule has 9 heteroatoms. The Morgan fingerprint density at radius 2 is 1.95 bits per heavy atom. The zero-order chi connectivity index (χ0) is 26.0. The number of H-pyrrole nitrogens is 1. The number of aryl methyl sites for hydroxylation is 1. The first-order valence-corrected chi connectivity index (χ1v) is 12.4. The highest BCUT2D eigenvalue weighted by molar-refractivity contribution is 5.84. The van der Waals surface area contributed by atoms with Crippen molar-refractivity contribution in [2.45, 2.75) is 44.2 Å². The average Bonchev–Trinajstić information content (AvgIpc) is 3.27. The molecule has 8 nitrogen and oxygen atoms in total. The fourth-order valence-electron chi connectivity index (χ4n) is 4.89. The lowest BCUT2D eigenvalue weighted by atomic mass is 9.85. The van der Waals surface area contributed by atoms with Crippen LogP contribution in [0.1, 0.15) is 29.5 Å². The van der Waals surface area contributed by atoms with E-state index in [1.54, 1.807) is 17.2 Å². The lowest BCUT2D eigenvalue weighted by Crippen LogP contribution is -2.52. The maximum Gasteiger partial charge on any atom is 0.239 e. The van der Waals surface area contributed by atoms with E-state index in [-0.39, 0.29) is 24.0 Å². The number of carbonyl (C=O) groups is 1. The normalized spacial score (nSPS) is 16.1. The second kappa shape index (κ2) is 10.3. The van der Waals surface area contributed by atoms with Gasteiger partial charge in [0.15, 0.2) is 11.6 Å². The van der Waals surface area contributed by atoms with Crippen molar-refractivity contribution < 1.29 is 19.0 Å². The van der Waals surface area contributed by atoms with Crippen LogP contribution in [0.2, 0.25) is 0 Å². The van der Waals surface area contributed by atoms with Crippen molar-refractivity contribution in [3.05, 3.63) is 83.6 Å². The van der Waals surface area contributed by atoms with Crippen molar-refractivity contribution in [2.24, 2.45) is 5.73 Å². The smallest absolute Gasteiger partial charge is 0.239 e. The first kappa shape index (κ1) is 24.9. The van der Waals surface area contributed by atoms with Crippen LogP contribution in [0.5, 0.6) is 11.6 Å². The molecule has 0 aliphatic carbocycles. The summed E-state index contributed by atoms with van der Waals surface area (Å²) in [6, 6.07) is 13.6. The molecule has 1 atom stereocenters. The van der Waals surface area contributed by atoms with Gasteiger partial charge in [-0.2, -0.15) is 0 Å². The third-order valence-corrected chi connectivity index (χ3v) is 6.99. The number of nitrogens with one attached hydrogen (secondary N) is 1. The van der Waals surface area contributed by atoms with Gasteiger partial charge in [0.05, 0.1) is 17.0 Å². The number of fused-ring (bicyclic) bond motifs is 1. The number of halogens is 1. The van der Waals surface area contributed by atoms with Crippen LogP contribution in [0.3, 0.4) is 0 Å². The minimum absolute atomic E-state index is 0.0259. The van der Waals surface area contributed by atoms with E-state index in [4.69, 9.17) is 10.5 Å². The molecule has 1 unspecified atom stereocenters. The highest BCUT2D eigenvalue weighted by Gasteiger charge is 2.35. The number of nitrogens with zero attached hydrogens (tertiary/aromatic N) is 3. The van der Waals surface area contributed by atoms with Crippen molar-refractivity contribution in [1.29, 1.82) is 0 Å². The number of hydrogen-bond acceptors (Lipinski definition) is 6. The van der Waals surface area contributed by atoms with Crippen LogP contribution >= 0.6 is 0 Å². The van der Waals surface area contributed by atoms with Crippen LogP contribution in [0.25, 0.3) is 11.0 Å². The third kappa shape index (κ3) is 5.47. The SMILES string of the molecule is Cc1c[nH]c2ncnc(Oc3ccc(CC(N)C(=O)N4CCC(O)(Cc5ccccc5)CC4)cc3F)c12. The highest BCUT2D eigenvalue weighted by Crippen LogP contribution is 2.31. The molecule has 0 saturated carbocycles.